The number of methoxy groups -OCH3 is 1. The van der Waals surface area contributed by atoms with E-state index in [-0.39, 0.29) is 0 Å². The number of nitrogens with zero attached hydrogens (tertiary/aromatic N) is 1. The van der Waals surface area contributed by atoms with Crippen LogP contribution in [-0.4, -0.2) is 7.11 Å². The number of halogens is 2. The van der Waals surface area contributed by atoms with E-state index in [1.807, 2.05) is 30.3 Å². The lowest BCUT2D eigenvalue weighted by molar-refractivity contribution is 0.413. The molecule has 0 aromatic heterocycles. The molecule has 20 heavy (non-hydrogen) atoms. The Balaban J connectivity index is 2.13. The van der Waals surface area contributed by atoms with Gasteiger partial charge in [0.05, 0.1) is 12.7 Å². The molecule has 0 unspecified atom stereocenters. The van der Waals surface area contributed by atoms with Gasteiger partial charge in [0.25, 0.3) is 0 Å². The molecule has 0 atom stereocenters. The summed E-state index contributed by atoms with van der Waals surface area (Å²) in [5.41, 5.74) is 2.60. The van der Waals surface area contributed by atoms with E-state index in [0.717, 1.165) is 20.2 Å². The van der Waals surface area contributed by atoms with Gasteiger partial charge in [-0.05, 0) is 51.8 Å². The van der Waals surface area contributed by atoms with Gasteiger partial charge in [0, 0.05) is 21.2 Å². The molecule has 102 valence electrons. The lowest BCUT2D eigenvalue weighted by atomic mass is 10.1. The van der Waals surface area contributed by atoms with E-state index < -0.39 is 0 Å². The average Bonchev–Trinajstić information content (AvgIpc) is 2.46. The van der Waals surface area contributed by atoms with Crippen molar-refractivity contribution in [3.8, 4) is 11.8 Å². The Bertz CT molecular complexity index is 665. The Morgan fingerprint density at radius 3 is 2.65 bits per heavy atom. The van der Waals surface area contributed by atoms with E-state index in [1.165, 1.54) is 0 Å². The molecule has 0 saturated heterocycles. The lowest BCUT2D eigenvalue weighted by Crippen LogP contribution is -2.01. The summed E-state index contributed by atoms with van der Waals surface area (Å²) in [7, 11) is 1.57. The first-order valence-corrected chi connectivity index (χ1v) is 7.48. The summed E-state index contributed by atoms with van der Waals surface area (Å²) in [5, 5.41) is 12.3. The molecule has 0 spiro atoms. The van der Waals surface area contributed by atoms with Crippen molar-refractivity contribution < 1.29 is 4.74 Å². The molecular formula is C15H12Br2N2O. The number of benzene rings is 2. The van der Waals surface area contributed by atoms with Crippen molar-refractivity contribution in [2.75, 3.05) is 12.4 Å². The van der Waals surface area contributed by atoms with Gasteiger partial charge in [-0.3, -0.25) is 0 Å². The second-order valence-corrected chi connectivity index (χ2v) is 5.89. The van der Waals surface area contributed by atoms with Crippen molar-refractivity contribution in [2.24, 2.45) is 0 Å². The molecule has 2 aromatic carbocycles. The van der Waals surface area contributed by atoms with Crippen LogP contribution in [0.25, 0.3) is 0 Å². The van der Waals surface area contributed by atoms with E-state index >= 15 is 0 Å². The van der Waals surface area contributed by atoms with Crippen molar-refractivity contribution in [2.45, 2.75) is 6.54 Å². The van der Waals surface area contributed by atoms with Crippen molar-refractivity contribution in [3.63, 3.8) is 0 Å². The van der Waals surface area contributed by atoms with Gasteiger partial charge in [-0.1, -0.05) is 22.0 Å². The monoisotopic (exact) mass is 394 g/mol. The maximum atomic E-state index is 8.95. The van der Waals surface area contributed by atoms with E-state index in [9.17, 15) is 0 Å². The van der Waals surface area contributed by atoms with Crippen LogP contribution in [0.1, 0.15) is 11.1 Å². The van der Waals surface area contributed by atoms with Gasteiger partial charge in [-0.15, -0.1) is 0 Å². The van der Waals surface area contributed by atoms with Crippen LogP contribution in [0.15, 0.2) is 45.3 Å². The molecule has 0 aliphatic carbocycles. The molecule has 0 fully saturated rings. The quantitative estimate of drug-likeness (QED) is 0.815. The van der Waals surface area contributed by atoms with E-state index in [1.54, 1.807) is 13.2 Å². The fourth-order valence-electron chi connectivity index (χ4n) is 1.77. The molecule has 0 aliphatic rings. The van der Waals surface area contributed by atoms with Crippen LogP contribution in [0.4, 0.5) is 5.69 Å². The first kappa shape index (κ1) is 14.9. The zero-order chi connectivity index (χ0) is 14.5. The summed E-state index contributed by atoms with van der Waals surface area (Å²) < 4.78 is 7.22. The van der Waals surface area contributed by atoms with Crippen LogP contribution in [0.3, 0.4) is 0 Å². The predicted octanol–water partition coefficient (Wildman–Crippen LogP) is 4.70. The summed E-state index contributed by atoms with van der Waals surface area (Å²) in [4.78, 5) is 0. The molecule has 2 aromatic rings. The maximum absolute atomic E-state index is 8.95. The number of ether oxygens (including phenoxy) is 1. The summed E-state index contributed by atoms with van der Waals surface area (Å²) in [6.07, 6.45) is 0. The van der Waals surface area contributed by atoms with Crippen molar-refractivity contribution in [3.05, 3.63) is 56.5 Å². The third-order valence-electron chi connectivity index (χ3n) is 2.80. The first-order chi connectivity index (χ1) is 9.63. The van der Waals surface area contributed by atoms with Crippen molar-refractivity contribution in [1.29, 1.82) is 5.26 Å². The highest BCUT2D eigenvalue weighted by atomic mass is 79.9. The molecule has 0 bridgehead atoms. The first-order valence-electron chi connectivity index (χ1n) is 5.90. The number of nitrogens with one attached hydrogen (secondary N) is 1. The van der Waals surface area contributed by atoms with Gasteiger partial charge < -0.3 is 10.1 Å². The van der Waals surface area contributed by atoms with Crippen LogP contribution in [0, 0.1) is 11.3 Å². The minimum atomic E-state index is 0.543. The predicted molar refractivity (Wildman–Crippen MR) is 86.9 cm³/mol. The number of rotatable bonds is 4. The Labute approximate surface area is 134 Å². The van der Waals surface area contributed by atoms with Gasteiger partial charge in [0.1, 0.15) is 11.8 Å². The molecule has 1 N–H and O–H groups in total. The van der Waals surface area contributed by atoms with E-state index in [0.29, 0.717) is 17.9 Å². The molecule has 0 aliphatic heterocycles. The molecule has 0 heterocycles. The third-order valence-corrected chi connectivity index (χ3v) is 3.95. The Morgan fingerprint density at radius 2 is 2.00 bits per heavy atom. The standard InChI is InChI=1S/C15H12Br2N2O/c1-20-15-6-10(2-3-11(15)8-18)9-19-14-5-4-12(16)7-13(14)17/h2-7,19H,9H2,1H3. The molecule has 2 rings (SSSR count). The summed E-state index contributed by atoms with van der Waals surface area (Å²) >= 11 is 6.93. The molecular weight excluding hydrogens is 384 g/mol. The molecule has 3 nitrogen and oxygen atoms in total. The molecule has 0 radical (unpaired) electrons. The van der Waals surface area contributed by atoms with Crippen LogP contribution in [0.5, 0.6) is 5.75 Å². The maximum Gasteiger partial charge on any atom is 0.136 e. The third kappa shape index (κ3) is 3.53. The van der Waals surface area contributed by atoms with E-state index in [2.05, 4.69) is 43.2 Å². The van der Waals surface area contributed by atoms with Gasteiger partial charge in [0.15, 0.2) is 0 Å². The average molecular weight is 396 g/mol. The Morgan fingerprint density at radius 1 is 1.20 bits per heavy atom. The molecule has 5 heteroatoms. The SMILES string of the molecule is COc1cc(CNc2ccc(Br)cc2Br)ccc1C#N. The fraction of sp³-hybridized carbons (Fsp3) is 0.133. The largest absolute Gasteiger partial charge is 0.495 e. The van der Waals surface area contributed by atoms with Gasteiger partial charge in [0.2, 0.25) is 0 Å². The number of hydrogen-bond acceptors (Lipinski definition) is 3. The topological polar surface area (TPSA) is 45.0 Å². The fourth-order valence-corrected chi connectivity index (χ4v) is 2.96. The van der Waals surface area contributed by atoms with Crippen LogP contribution in [0.2, 0.25) is 0 Å². The van der Waals surface area contributed by atoms with Crippen LogP contribution in [-0.2, 0) is 6.54 Å². The second-order valence-electron chi connectivity index (χ2n) is 4.12. The highest BCUT2D eigenvalue weighted by Crippen LogP contribution is 2.27. The minimum absolute atomic E-state index is 0.543. The van der Waals surface area contributed by atoms with Crippen LogP contribution >= 0.6 is 31.9 Å². The van der Waals surface area contributed by atoms with Gasteiger partial charge in [-0.25, -0.2) is 0 Å². The zero-order valence-electron chi connectivity index (χ0n) is 10.8. The van der Waals surface area contributed by atoms with Gasteiger partial charge >= 0.3 is 0 Å². The summed E-state index contributed by atoms with van der Waals surface area (Å²) in [6.45, 7) is 0.655. The number of nitriles is 1. The highest BCUT2D eigenvalue weighted by Gasteiger charge is 2.05. The zero-order valence-corrected chi connectivity index (χ0v) is 14.0. The lowest BCUT2D eigenvalue weighted by Gasteiger charge is -2.10. The summed E-state index contributed by atoms with van der Waals surface area (Å²) in [5.74, 6) is 0.599. The Hall–Kier alpha value is -1.51. The highest BCUT2D eigenvalue weighted by molar-refractivity contribution is 9.11. The molecule has 0 amide bonds. The van der Waals surface area contributed by atoms with Gasteiger partial charge in [-0.2, -0.15) is 5.26 Å². The second kappa shape index (κ2) is 6.78. The van der Waals surface area contributed by atoms with Crippen LogP contribution < -0.4 is 10.1 Å². The Kier molecular flexibility index (Phi) is 5.05. The summed E-state index contributed by atoms with van der Waals surface area (Å²) in [6, 6.07) is 13.6. The minimum Gasteiger partial charge on any atom is -0.495 e. The van der Waals surface area contributed by atoms with Crippen molar-refractivity contribution in [1.82, 2.24) is 0 Å². The van der Waals surface area contributed by atoms with Crippen molar-refractivity contribution >= 4 is 37.5 Å². The molecule has 0 saturated carbocycles. The normalized spacial score (nSPS) is 9.90. The smallest absolute Gasteiger partial charge is 0.136 e. The van der Waals surface area contributed by atoms with E-state index in [4.69, 9.17) is 10.00 Å². The number of hydrogen-bond donors (Lipinski definition) is 1. The number of anilines is 1.